The number of hydrogen-bond acceptors (Lipinski definition) is 3. The first-order chi connectivity index (χ1) is 7.42. The number of ketones is 1. The summed E-state index contributed by atoms with van der Waals surface area (Å²) < 4.78 is 0. The highest BCUT2D eigenvalue weighted by molar-refractivity contribution is 5.86. The summed E-state index contributed by atoms with van der Waals surface area (Å²) in [5.74, 6) is 0.271. The molecule has 0 aromatic carbocycles. The van der Waals surface area contributed by atoms with E-state index >= 15 is 0 Å². The smallest absolute Gasteiger partial charge is 0.144 e. The summed E-state index contributed by atoms with van der Waals surface area (Å²) >= 11 is 0. The van der Waals surface area contributed by atoms with Gasteiger partial charge in [-0.1, -0.05) is 13.8 Å². The summed E-state index contributed by atoms with van der Waals surface area (Å²) in [5.41, 5.74) is 0.735. The Balaban J connectivity index is 2.65. The van der Waals surface area contributed by atoms with Crippen molar-refractivity contribution in [3.63, 3.8) is 0 Å². The van der Waals surface area contributed by atoms with Gasteiger partial charge in [-0.25, -0.2) is 0 Å². The summed E-state index contributed by atoms with van der Waals surface area (Å²) in [6, 6.07) is 3.78. The predicted molar refractivity (Wildman–Crippen MR) is 65.3 cm³/mol. The topological polar surface area (TPSA) is 33.2 Å². The molecule has 3 heteroatoms. The van der Waals surface area contributed by atoms with E-state index in [1.807, 2.05) is 45.0 Å². The van der Waals surface area contributed by atoms with Crippen LogP contribution < -0.4 is 0 Å². The number of carbonyl (C=O) groups is 1. The highest BCUT2D eigenvalue weighted by Crippen LogP contribution is 2.19. The van der Waals surface area contributed by atoms with Gasteiger partial charge in [-0.15, -0.1) is 0 Å². The zero-order valence-corrected chi connectivity index (χ0v) is 10.5. The van der Waals surface area contributed by atoms with Crippen LogP contribution in [0.1, 0.15) is 19.4 Å². The van der Waals surface area contributed by atoms with Gasteiger partial charge in [0.25, 0.3) is 0 Å². The standard InChI is InChI=1S/C13H20N2O/c1-13(2,10-15(3)4)12(16)9-11-5-7-14-8-6-11/h5-8H,9-10H2,1-4H3. The molecule has 0 bridgehead atoms. The van der Waals surface area contributed by atoms with Gasteiger partial charge in [0.05, 0.1) is 0 Å². The third kappa shape index (κ3) is 3.74. The molecule has 1 aromatic rings. The number of aromatic nitrogens is 1. The molecule has 0 unspecified atom stereocenters. The van der Waals surface area contributed by atoms with E-state index in [-0.39, 0.29) is 11.2 Å². The van der Waals surface area contributed by atoms with Gasteiger partial charge in [0, 0.05) is 30.8 Å². The molecule has 16 heavy (non-hydrogen) atoms. The van der Waals surface area contributed by atoms with Crippen molar-refractivity contribution in [2.24, 2.45) is 5.41 Å². The largest absolute Gasteiger partial charge is 0.308 e. The molecule has 3 nitrogen and oxygen atoms in total. The Kier molecular flexibility index (Phi) is 4.19. The SMILES string of the molecule is CN(C)CC(C)(C)C(=O)Cc1ccncc1. The zero-order chi connectivity index (χ0) is 12.2. The first kappa shape index (κ1) is 12.8. The lowest BCUT2D eigenvalue weighted by Gasteiger charge is -2.26. The Morgan fingerprint density at radius 3 is 2.38 bits per heavy atom. The molecule has 0 aliphatic carbocycles. The van der Waals surface area contributed by atoms with Gasteiger partial charge in [-0.05, 0) is 31.8 Å². The molecule has 0 atom stereocenters. The highest BCUT2D eigenvalue weighted by atomic mass is 16.1. The maximum atomic E-state index is 12.1. The number of rotatable bonds is 5. The van der Waals surface area contributed by atoms with Gasteiger partial charge in [0.1, 0.15) is 5.78 Å². The minimum Gasteiger partial charge on any atom is -0.308 e. The summed E-state index contributed by atoms with van der Waals surface area (Å²) in [6.07, 6.45) is 3.94. The van der Waals surface area contributed by atoms with Crippen molar-refractivity contribution in [1.29, 1.82) is 0 Å². The van der Waals surface area contributed by atoms with E-state index in [0.717, 1.165) is 12.1 Å². The normalized spacial score (nSPS) is 11.8. The van der Waals surface area contributed by atoms with Crippen molar-refractivity contribution in [2.75, 3.05) is 20.6 Å². The lowest BCUT2D eigenvalue weighted by molar-refractivity contribution is -0.127. The van der Waals surface area contributed by atoms with Crippen LogP contribution >= 0.6 is 0 Å². The van der Waals surface area contributed by atoms with Gasteiger partial charge < -0.3 is 4.90 Å². The minimum absolute atomic E-state index is 0.271. The number of Topliss-reactive ketones (excluding diaryl/α,β-unsaturated/α-hetero) is 1. The van der Waals surface area contributed by atoms with Crippen molar-refractivity contribution < 1.29 is 4.79 Å². The molecular formula is C13H20N2O. The Morgan fingerprint density at radius 1 is 1.31 bits per heavy atom. The van der Waals surface area contributed by atoms with Crippen molar-refractivity contribution >= 4 is 5.78 Å². The molecular weight excluding hydrogens is 200 g/mol. The van der Waals surface area contributed by atoms with Crippen LogP contribution in [0.15, 0.2) is 24.5 Å². The lowest BCUT2D eigenvalue weighted by Crippen LogP contribution is -2.36. The molecule has 1 aromatic heterocycles. The fourth-order valence-electron chi connectivity index (χ4n) is 1.80. The van der Waals surface area contributed by atoms with Crippen LogP contribution in [0.3, 0.4) is 0 Å². The van der Waals surface area contributed by atoms with Gasteiger partial charge in [0.15, 0.2) is 0 Å². The van der Waals surface area contributed by atoms with Crippen LogP contribution in [0.4, 0.5) is 0 Å². The van der Waals surface area contributed by atoms with Crippen molar-refractivity contribution in [2.45, 2.75) is 20.3 Å². The molecule has 0 radical (unpaired) electrons. The van der Waals surface area contributed by atoms with Crippen LogP contribution in [0.25, 0.3) is 0 Å². The molecule has 0 fully saturated rings. The molecule has 0 amide bonds. The van der Waals surface area contributed by atoms with Gasteiger partial charge in [-0.3, -0.25) is 9.78 Å². The predicted octanol–water partition coefficient (Wildman–Crippen LogP) is 1.78. The maximum absolute atomic E-state index is 12.1. The average molecular weight is 220 g/mol. The molecule has 0 spiro atoms. The van der Waals surface area contributed by atoms with E-state index in [4.69, 9.17) is 0 Å². The third-order valence-electron chi connectivity index (χ3n) is 2.58. The Hall–Kier alpha value is -1.22. The van der Waals surface area contributed by atoms with E-state index in [1.54, 1.807) is 12.4 Å². The molecule has 0 saturated carbocycles. The molecule has 0 saturated heterocycles. The van der Waals surface area contributed by atoms with Crippen molar-refractivity contribution in [1.82, 2.24) is 9.88 Å². The average Bonchev–Trinajstić information content (AvgIpc) is 2.17. The summed E-state index contributed by atoms with van der Waals surface area (Å²) in [4.78, 5) is 18.1. The van der Waals surface area contributed by atoms with Crippen LogP contribution in [0.2, 0.25) is 0 Å². The first-order valence-electron chi connectivity index (χ1n) is 5.49. The molecule has 0 aliphatic rings. The van der Waals surface area contributed by atoms with E-state index in [2.05, 4.69) is 4.98 Å². The van der Waals surface area contributed by atoms with E-state index in [1.165, 1.54) is 0 Å². The Bertz CT molecular complexity index is 344. The van der Waals surface area contributed by atoms with E-state index < -0.39 is 0 Å². The monoisotopic (exact) mass is 220 g/mol. The first-order valence-corrected chi connectivity index (χ1v) is 5.49. The minimum atomic E-state index is -0.299. The van der Waals surface area contributed by atoms with Gasteiger partial charge in [-0.2, -0.15) is 0 Å². The summed E-state index contributed by atoms with van der Waals surface area (Å²) in [5, 5.41) is 0. The number of carbonyl (C=O) groups excluding carboxylic acids is 1. The quantitative estimate of drug-likeness (QED) is 0.758. The van der Waals surface area contributed by atoms with Gasteiger partial charge in [0.2, 0.25) is 0 Å². The van der Waals surface area contributed by atoms with E-state index in [0.29, 0.717) is 6.42 Å². The van der Waals surface area contributed by atoms with Crippen LogP contribution in [-0.2, 0) is 11.2 Å². The Morgan fingerprint density at radius 2 is 1.88 bits per heavy atom. The molecule has 88 valence electrons. The molecule has 0 N–H and O–H groups in total. The van der Waals surface area contributed by atoms with Crippen molar-refractivity contribution in [3.05, 3.63) is 30.1 Å². The Labute approximate surface area is 97.5 Å². The summed E-state index contributed by atoms with van der Waals surface area (Å²) in [7, 11) is 3.98. The number of pyridine rings is 1. The summed E-state index contributed by atoms with van der Waals surface area (Å²) in [6.45, 7) is 4.77. The van der Waals surface area contributed by atoms with Gasteiger partial charge >= 0.3 is 0 Å². The number of hydrogen-bond donors (Lipinski definition) is 0. The van der Waals surface area contributed by atoms with E-state index in [9.17, 15) is 4.79 Å². The molecule has 0 aliphatic heterocycles. The second-order valence-electron chi connectivity index (χ2n) is 5.08. The lowest BCUT2D eigenvalue weighted by atomic mass is 9.84. The van der Waals surface area contributed by atoms with Crippen LogP contribution in [0, 0.1) is 5.41 Å². The molecule has 1 rings (SSSR count). The fraction of sp³-hybridized carbons (Fsp3) is 0.538. The number of nitrogens with zero attached hydrogens (tertiary/aromatic N) is 2. The fourth-order valence-corrected chi connectivity index (χ4v) is 1.80. The van der Waals surface area contributed by atoms with Crippen molar-refractivity contribution in [3.8, 4) is 0 Å². The second kappa shape index (κ2) is 5.21. The van der Waals surface area contributed by atoms with Crippen LogP contribution in [0.5, 0.6) is 0 Å². The maximum Gasteiger partial charge on any atom is 0.144 e. The molecule has 1 heterocycles. The van der Waals surface area contributed by atoms with Crippen LogP contribution in [-0.4, -0.2) is 36.3 Å². The second-order valence-corrected chi connectivity index (χ2v) is 5.08. The zero-order valence-electron chi connectivity index (χ0n) is 10.5. The third-order valence-corrected chi connectivity index (χ3v) is 2.58. The highest BCUT2D eigenvalue weighted by Gasteiger charge is 2.27.